The molecule has 14 nitrogen and oxygen atoms in total. The quantitative estimate of drug-likeness (QED) is 0.0326. The second kappa shape index (κ2) is 44.5. The van der Waals surface area contributed by atoms with Crippen molar-refractivity contribution in [1.82, 2.24) is 29.4 Å². The molecule has 0 unspecified atom stereocenters. The van der Waals surface area contributed by atoms with E-state index in [9.17, 15) is 0 Å². The minimum absolute atomic E-state index is 0.0689. The topological polar surface area (TPSA) is 228 Å². The third-order valence-electron chi connectivity index (χ3n) is 16.5. The van der Waals surface area contributed by atoms with E-state index in [1.165, 1.54) is 125 Å². The number of fused-ring (bicyclic) bond motifs is 3. The van der Waals surface area contributed by atoms with Gasteiger partial charge in [-0.1, -0.05) is 86.1 Å². The van der Waals surface area contributed by atoms with Crippen molar-refractivity contribution < 1.29 is 0 Å². The van der Waals surface area contributed by atoms with Crippen LogP contribution in [0.2, 0.25) is 0 Å². The van der Waals surface area contributed by atoms with Crippen LogP contribution in [-0.4, -0.2) is 200 Å². The van der Waals surface area contributed by atoms with E-state index in [-0.39, 0.29) is 5.41 Å². The zero-order valence-electron chi connectivity index (χ0n) is 50.2. The Bertz CT molecular complexity index is 1490. The third kappa shape index (κ3) is 28.4. The number of benzene rings is 2. The van der Waals surface area contributed by atoms with Crippen LogP contribution in [0, 0.1) is 13.8 Å². The highest BCUT2D eigenvalue weighted by Crippen LogP contribution is 2.54. The monoisotopic (exact) mass is 1080 g/mol. The smallest absolute Gasteiger partial charge is 0.0215 e. The molecule has 2 aromatic carbocycles. The largest absolute Gasteiger partial charge is 0.330 e. The minimum Gasteiger partial charge on any atom is -0.330 e. The minimum atomic E-state index is 0.0689. The fraction of sp³-hybridized carbons (Fsp3) is 0.810. The van der Waals surface area contributed by atoms with Gasteiger partial charge in [-0.25, -0.2) is 0 Å². The van der Waals surface area contributed by atoms with Crippen molar-refractivity contribution in [3.8, 4) is 11.1 Å². The number of nitrogens with zero attached hydrogens (tertiary/aromatic N) is 6. The second-order valence-corrected chi connectivity index (χ2v) is 23.1. The SMILES string of the molecule is Cc1ccc2c(c1)C(CCCCCCN(CCCN(CCCN)CCCN)CCCN(CCCN)CCCN)(CCCCCCN(CCCN(CCCN)CCCN)CCCN(CCCN)CCCN)c1cc(C)ccc1-2. The molecule has 0 aromatic heterocycles. The lowest BCUT2D eigenvalue weighted by Gasteiger charge is -2.33. The highest BCUT2D eigenvalue weighted by atomic mass is 15.2. The number of unbranched alkanes of at least 4 members (excludes halogenated alkanes) is 6. The summed E-state index contributed by atoms with van der Waals surface area (Å²) in [6.45, 7) is 30.5. The summed E-state index contributed by atoms with van der Waals surface area (Å²) >= 11 is 0. The maximum absolute atomic E-state index is 5.93. The Balaban J connectivity index is 1.68. The van der Waals surface area contributed by atoms with Gasteiger partial charge in [-0.3, -0.25) is 0 Å². The van der Waals surface area contributed by atoms with Crippen LogP contribution in [0.25, 0.3) is 11.1 Å². The highest BCUT2D eigenvalue weighted by Gasteiger charge is 2.42. The fourth-order valence-electron chi connectivity index (χ4n) is 12.2. The van der Waals surface area contributed by atoms with Crippen molar-refractivity contribution in [3.63, 3.8) is 0 Å². The Morgan fingerprint density at radius 3 is 0.701 bits per heavy atom. The van der Waals surface area contributed by atoms with Gasteiger partial charge in [0.15, 0.2) is 0 Å². The zero-order valence-corrected chi connectivity index (χ0v) is 50.2. The molecule has 16 N–H and O–H groups in total. The molecule has 2 aromatic rings. The molecule has 77 heavy (non-hydrogen) atoms. The summed E-state index contributed by atoms with van der Waals surface area (Å²) in [5, 5.41) is 0. The molecule has 3 rings (SSSR count). The van der Waals surface area contributed by atoms with Crippen LogP contribution in [0.1, 0.15) is 164 Å². The van der Waals surface area contributed by atoms with Crippen LogP contribution in [0.3, 0.4) is 0 Å². The van der Waals surface area contributed by atoms with Crippen molar-refractivity contribution in [1.29, 1.82) is 0 Å². The number of hydrogen-bond acceptors (Lipinski definition) is 14. The van der Waals surface area contributed by atoms with Crippen LogP contribution in [0.5, 0.6) is 0 Å². The molecule has 0 saturated heterocycles. The van der Waals surface area contributed by atoms with Gasteiger partial charge in [-0.2, -0.15) is 0 Å². The van der Waals surface area contributed by atoms with Crippen molar-refractivity contribution in [2.24, 2.45) is 45.9 Å². The molecule has 0 fully saturated rings. The molecule has 1 aliphatic carbocycles. The average molecular weight is 1080 g/mol. The van der Waals surface area contributed by atoms with Gasteiger partial charge in [0.05, 0.1) is 0 Å². The molecule has 0 heterocycles. The summed E-state index contributed by atoms with van der Waals surface area (Å²) in [4.78, 5) is 15.9. The molecular weight excluding hydrogens is 953 g/mol. The lowest BCUT2D eigenvalue weighted by Crippen LogP contribution is -2.35. The number of aryl methyl sites for hydroxylation is 2. The zero-order chi connectivity index (χ0) is 55.6. The highest BCUT2D eigenvalue weighted by molar-refractivity contribution is 5.81. The van der Waals surface area contributed by atoms with E-state index in [2.05, 4.69) is 79.6 Å². The summed E-state index contributed by atoms with van der Waals surface area (Å²) in [5.74, 6) is 0. The Kier molecular flexibility index (Phi) is 40.0. The van der Waals surface area contributed by atoms with Crippen molar-refractivity contribution in [2.75, 3.05) is 170 Å². The molecule has 0 bridgehead atoms. The Morgan fingerprint density at radius 2 is 0.468 bits per heavy atom. The molecule has 14 heteroatoms. The van der Waals surface area contributed by atoms with Crippen LogP contribution < -0.4 is 45.9 Å². The number of hydrogen-bond donors (Lipinski definition) is 8. The molecule has 0 atom stereocenters. The van der Waals surface area contributed by atoms with E-state index in [0.29, 0.717) is 0 Å². The van der Waals surface area contributed by atoms with E-state index in [1.54, 1.807) is 11.1 Å². The first-order valence-corrected chi connectivity index (χ1v) is 31.9. The first-order chi connectivity index (χ1) is 37.7. The maximum atomic E-state index is 5.93. The van der Waals surface area contributed by atoms with Gasteiger partial charge in [-0.05, 0) is 309 Å². The normalized spacial score (nSPS) is 13.2. The van der Waals surface area contributed by atoms with Gasteiger partial charge < -0.3 is 75.3 Å². The lowest BCUT2D eigenvalue weighted by atomic mass is 9.70. The Morgan fingerprint density at radius 1 is 0.260 bits per heavy atom. The summed E-state index contributed by atoms with van der Waals surface area (Å²) < 4.78 is 0. The Labute approximate surface area is 473 Å². The maximum Gasteiger partial charge on any atom is 0.0215 e. The van der Waals surface area contributed by atoms with Gasteiger partial charge >= 0.3 is 0 Å². The van der Waals surface area contributed by atoms with Gasteiger partial charge in [0.2, 0.25) is 0 Å². The number of nitrogens with two attached hydrogens (primary N) is 8. The van der Waals surface area contributed by atoms with Crippen LogP contribution >= 0.6 is 0 Å². The predicted molar refractivity (Wildman–Crippen MR) is 335 cm³/mol. The van der Waals surface area contributed by atoms with E-state index in [0.717, 1.165) is 208 Å². The molecule has 446 valence electrons. The van der Waals surface area contributed by atoms with Gasteiger partial charge in [-0.15, -0.1) is 0 Å². The first-order valence-electron chi connectivity index (χ1n) is 31.9. The fourth-order valence-corrected chi connectivity index (χ4v) is 12.2. The first kappa shape index (κ1) is 69.2. The molecule has 0 radical (unpaired) electrons. The molecule has 0 spiro atoms. The van der Waals surface area contributed by atoms with Crippen LogP contribution in [-0.2, 0) is 5.41 Å². The average Bonchev–Trinajstić information content (AvgIpc) is 3.83. The van der Waals surface area contributed by atoms with Gasteiger partial charge in [0.25, 0.3) is 0 Å². The molecule has 0 amide bonds. The van der Waals surface area contributed by atoms with E-state index in [4.69, 9.17) is 45.9 Å². The van der Waals surface area contributed by atoms with Gasteiger partial charge in [0.1, 0.15) is 0 Å². The van der Waals surface area contributed by atoms with E-state index < -0.39 is 0 Å². The van der Waals surface area contributed by atoms with E-state index in [1.807, 2.05) is 0 Å². The van der Waals surface area contributed by atoms with Crippen molar-refractivity contribution in [2.45, 2.75) is 161 Å². The Hall–Kier alpha value is -2.12. The second-order valence-electron chi connectivity index (χ2n) is 23.1. The summed E-state index contributed by atoms with van der Waals surface area (Å²) in [6.07, 6.45) is 25.7. The van der Waals surface area contributed by atoms with Crippen LogP contribution in [0.4, 0.5) is 0 Å². The summed E-state index contributed by atoms with van der Waals surface area (Å²) in [7, 11) is 0. The molecule has 1 aliphatic rings. The molecular formula is C63H124N14. The third-order valence-corrected chi connectivity index (χ3v) is 16.5. The molecule has 0 saturated carbocycles. The van der Waals surface area contributed by atoms with Crippen molar-refractivity contribution >= 4 is 0 Å². The van der Waals surface area contributed by atoms with Crippen LogP contribution in [0.15, 0.2) is 36.4 Å². The lowest BCUT2D eigenvalue weighted by molar-refractivity contribution is 0.203. The predicted octanol–water partition coefficient (Wildman–Crippen LogP) is 6.63. The van der Waals surface area contributed by atoms with Gasteiger partial charge in [0, 0.05) is 5.41 Å². The van der Waals surface area contributed by atoms with Crippen molar-refractivity contribution in [3.05, 3.63) is 58.7 Å². The van der Waals surface area contributed by atoms with E-state index >= 15 is 0 Å². The standard InChI is InChI=1S/C63H124N14/c1-57-23-25-59-60-26-24-58(2)56-62(60)63(61(59)55-57,27-7-3-5-9-37-72(47-19-51-74(39-11-29-64)40-12-30-65)48-20-52-75(41-13-31-66)42-14-32-67)28-8-4-6-10-38-73(49-21-53-76(43-15-33-68)44-16-34-69)50-22-54-77(45-17-35-70)46-18-36-71/h23-26,55-56H,3-22,27-54,64-71H2,1-2H3. The summed E-state index contributed by atoms with van der Waals surface area (Å²) in [5.41, 5.74) is 56.4. The number of rotatable bonds is 54. The molecule has 0 aliphatic heterocycles. The summed E-state index contributed by atoms with van der Waals surface area (Å²) in [6, 6.07) is 14.6.